The van der Waals surface area contributed by atoms with Crippen molar-refractivity contribution in [2.75, 3.05) is 11.9 Å². The third-order valence-electron chi connectivity index (χ3n) is 3.12. The minimum atomic E-state index is -0.733. The first-order chi connectivity index (χ1) is 7.66. The summed E-state index contributed by atoms with van der Waals surface area (Å²) in [7, 11) is 0. The summed E-state index contributed by atoms with van der Waals surface area (Å²) < 4.78 is 0. The molecule has 0 fully saturated rings. The highest BCUT2D eigenvalue weighted by Crippen LogP contribution is 2.27. The molecule has 0 amide bonds. The van der Waals surface area contributed by atoms with Gasteiger partial charge in [0.25, 0.3) is 0 Å². The van der Waals surface area contributed by atoms with Crippen LogP contribution in [-0.4, -0.2) is 17.6 Å². The summed E-state index contributed by atoms with van der Waals surface area (Å²) in [5.41, 5.74) is 3.66. The molecule has 0 saturated carbocycles. The molecule has 0 spiro atoms. The number of rotatable bonds is 3. The Morgan fingerprint density at radius 3 is 3.12 bits per heavy atom. The predicted octanol–water partition coefficient (Wildman–Crippen LogP) is 2.62. The predicted molar refractivity (Wildman–Crippen MR) is 63.9 cm³/mol. The van der Waals surface area contributed by atoms with E-state index in [1.165, 1.54) is 11.3 Å². The fourth-order valence-electron chi connectivity index (χ4n) is 2.18. The summed E-state index contributed by atoms with van der Waals surface area (Å²) in [5, 5.41) is 12.1. The van der Waals surface area contributed by atoms with Gasteiger partial charge in [-0.1, -0.05) is 19.1 Å². The molecule has 1 heterocycles. The number of fused-ring (bicyclic) bond motifs is 1. The number of carboxylic acids is 1. The van der Waals surface area contributed by atoms with Crippen LogP contribution in [0.15, 0.2) is 18.2 Å². The van der Waals surface area contributed by atoms with Gasteiger partial charge < -0.3 is 10.4 Å². The summed E-state index contributed by atoms with van der Waals surface area (Å²) in [4.78, 5) is 10.7. The van der Waals surface area contributed by atoms with E-state index in [1.807, 2.05) is 13.0 Å². The van der Waals surface area contributed by atoms with E-state index in [1.54, 1.807) is 0 Å². The van der Waals surface area contributed by atoms with Crippen LogP contribution in [0.25, 0.3) is 0 Å². The molecule has 1 aliphatic heterocycles. The number of hydrogen-bond acceptors (Lipinski definition) is 2. The van der Waals surface area contributed by atoms with Crippen molar-refractivity contribution in [1.29, 1.82) is 0 Å². The Labute approximate surface area is 95.5 Å². The van der Waals surface area contributed by atoms with Gasteiger partial charge in [0.1, 0.15) is 0 Å². The fraction of sp³-hybridized carbons (Fsp3) is 0.462. The van der Waals surface area contributed by atoms with E-state index < -0.39 is 5.97 Å². The van der Waals surface area contributed by atoms with E-state index in [-0.39, 0.29) is 12.3 Å². The van der Waals surface area contributed by atoms with Crippen LogP contribution in [0.4, 0.5) is 5.69 Å². The second-order valence-electron chi connectivity index (χ2n) is 4.45. The third kappa shape index (κ3) is 2.35. The Bertz CT molecular complexity index is 401. The molecule has 0 aromatic heterocycles. The van der Waals surface area contributed by atoms with Crippen LogP contribution >= 0.6 is 0 Å². The molecule has 2 N–H and O–H groups in total. The number of hydrogen-bond donors (Lipinski definition) is 2. The molecule has 1 aromatic rings. The fourth-order valence-corrected chi connectivity index (χ4v) is 2.18. The lowest BCUT2D eigenvalue weighted by Crippen LogP contribution is -2.12. The minimum Gasteiger partial charge on any atom is -0.481 e. The van der Waals surface area contributed by atoms with Crippen LogP contribution in [-0.2, 0) is 11.2 Å². The summed E-state index contributed by atoms with van der Waals surface area (Å²) in [5.74, 6) is -0.645. The Morgan fingerprint density at radius 1 is 1.56 bits per heavy atom. The third-order valence-corrected chi connectivity index (χ3v) is 3.12. The van der Waals surface area contributed by atoms with Crippen molar-refractivity contribution >= 4 is 11.7 Å². The lowest BCUT2D eigenvalue weighted by molar-refractivity contribution is -0.137. The van der Waals surface area contributed by atoms with E-state index in [0.717, 1.165) is 24.9 Å². The van der Waals surface area contributed by atoms with Gasteiger partial charge in [0, 0.05) is 12.2 Å². The topological polar surface area (TPSA) is 49.3 Å². The molecular formula is C13H17NO2. The summed E-state index contributed by atoms with van der Waals surface area (Å²) in [6.45, 7) is 3.00. The normalized spacial score (nSPS) is 16.1. The molecule has 3 nitrogen and oxygen atoms in total. The van der Waals surface area contributed by atoms with Gasteiger partial charge in [-0.25, -0.2) is 0 Å². The van der Waals surface area contributed by atoms with E-state index >= 15 is 0 Å². The lowest BCUT2D eigenvalue weighted by atomic mass is 9.93. The number of anilines is 1. The monoisotopic (exact) mass is 219 g/mol. The van der Waals surface area contributed by atoms with Gasteiger partial charge in [-0.05, 0) is 36.0 Å². The van der Waals surface area contributed by atoms with Gasteiger partial charge in [0.2, 0.25) is 0 Å². The van der Waals surface area contributed by atoms with Gasteiger partial charge in [0.05, 0.1) is 6.42 Å². The molecule has 16 heavy (non-hydrogen) atoms. The number of nitrogens with one attached hydrogen (secondary N) is 1. The lowest BCUT2D eigenvalue weighted by Gasteiger charge is -2.20. The maximum absolute atomic E-state index is 10.7. The standard InChI is InChI=1S/C13H17NO2/c1-9(7-13(15)16)10-4-5-12-11(8-10)3-2-6-14-12/h4-5,8-9,14H,2-3,6-7H2,1H3,(H,15,16)/t9-/m1/s1. The number of aliphatic carboxylic acids is 1. The van der Waals surface area contributed by atoms with Gasteiger partial charge in [-0.15, -0.1) is 0 Å². The van der Waals surface area contributed by atoms with E-state index in [2.05, 4.69) is 17.4 Å². The van der Waals surface area contributed by atoms with Gasteiger partial charge in [-0.3, -0.25) is 4.79 Å². The number of benzene rings is 1. The molecule has 2 rings (SSSR count). The van der Waals surface area contributed by atoms with Gasteiger partial charge >= 0.3 is 5.97 Å². The number of carboxylic acid groups (broad SMARTS) is 1. The SMILES string of the molecule is C[C@H](CC(=O)O)c1ccc2c(c1)CCCN2. The van der Waals surface area contributed by atoms with E-state index in [9.17, 15) is 4.79 Å². The highest BCUT2D eigenvalue weighted by atomic mass is 16.4. The molecule has 1 aromatic carbocycles. The van der Waals surface area contributed by atoms with Crippen molar-refractivity contribution in [1.82, 2.24) is 0 Å². The average Bonchev–Trinajstić information content (AvgIpc) is 2.27. The largest absolute Gasteiger partial charge is 0.481 e. The second kappa shape index (κ2) is 4.56. The zero-order valence-corrected chi connectivity index (χ0v) is 9.49. The first-order valence-corrected chi connectivity index (χ1v) is 5.75. The van der Waals surface area contributed by atoms with Crippen molar-refractivity contribution in [3.05, 3.63) is 29.3 Å². The van der Waals surface area contributed by atoms with Crippen LogP contribution in [0.1, 0.15) is 36.8 Å². The smallest absolute Gasteiger partial charge is 0.303 e. The van der Waals surface area contributed by atoms with E-state index in [4.69, 9.17) is 5.11 Å². The summed E-state index contributed by atoms with van der Waals surface area (Å²) in [6.07, 6.45) is 2.45. The number of carbonyl (C=O) groups is 1. The Morgan fingerprint density at radius 2 is 2.38 bits per heavy atom. The molecule has 0 aliphatic carbocycles. The molecule has 0 radical (unpaired) electrons. The van der Waals surface area contributed by atoms with Gasteiger partial charge in [0.15, 0.2) is 0 Å². The second-order valence-corrected chi connectivity index (χ2v) is 4.45. The Balaban J connectivity index is 2.19. The maximum Gasteiger partial charge on any atom is 0.303 e. The number of aryl methyl sites for hydroxylation is 1. The van der Waals surface area contributed by atoms with Crippen molar-refractivity contribution in [2.45, 2.75) is 32.1 Å². The molecule has 0 unspecified atom stereocenters. The maximum atomic E-state index is 10.7. The van der Waals surface area contributed by atoms with Crippen molar-refractivity contribution in [3.63, 3.8) is 0 Å². The van der Waals surface area contributed by atoms with Crippen LogP contribution in [0.3, 0.4) is 0 Å². The van der Waals surface area contributed by atoms with Crippen LogP contribution in [0, 0.1) is 0 Å². The zero-order valence-electron chi connectivity index (χ0n) is 9.49. The first-order valence-electron chi connectivity index (χ1n) is 5.75. The molecule has 86 valence electrons. The average molecular weight is 219 g/mol. The van der Waals surface area contributed by atoms with Crippen LogP contribution in [0.2, 0.25) is 0 Å². The van der Waals surface area contributed by atoms with Crippen LogP contribution in [0.5, 0.6) is 0 Å². The van der Waals surface area contributed by atoms with Crippen LogP contribution < -0.4 is 5.32 Å². The Hall–Kier alpha value is -1.51. The van der Waals surface area contributed by atoms with Gasteiger partial charge in [-0.2, -0.15) is 0 Å². The highest BCUT2D eigenvalue weighted by Gasteiger charge is 2.13. The first kappa shape index (κ1) is 11.0. The summed E-state index contributed by atoms with van der Waals surface area (Å²) >= 11 is 0. The zero-order chi connectivity index (χ0) is 11.5. The molecule has 3 heteroatoms. The van der Waals surface area contributed by atoms with Crippen molar-refractivity contribution in [3.8, 4) is 0 Å². The molecule has 0 saturated heterocycles. The molecule has 0 bridgehead atoms. The van der Waals surface area contributed by atoms with Crippen molar-refractivity contribution < 1.29 is 9.90 Å². The van der Waals surface area contributed by atoms with E-state index in [0.29, 0.717) is 0 Å². The highest BCUT2D eigenvalue weighted by molar-refractivity contribution is 5.68. The summed E-state index contributed by atoms with van der Waals surface area (Å²) in [6, 6.07) is 6.25. The van der Waals surface area contributed by atoms with Crippen molar-refractivity contribution in [2.24, 2.45) is 0 Å². The quantitative estimate of drug-likeness (QED) is 0.821. The minimum absolute atomic E-state index is 0.0877. The Kier molecular flexibility index (Phi) is 3.13. The molecule has 1 aliphatic rings. The molecular weight excluding hydrogens is 202 g/mol. The molecule has 1 atom stereocenters.